The first-order valence-corrected chi connectivity index (χ1v) is 7.81. The number of rotatable bonds is 5. The Morgan fingerprint density at radius 1 is 1.33 bits per heavy atom. The molecule has 0 radical (unpaired) electrons. The zero-order chi connectivity index (χ0) is 18.3. The minimum absolute atomic E-state index is 0.186. The summed E-state index contributed by atoms with van der Waals surface area (Å²) in [5.74, 6) is -0.285. The molecule has 0 aliphatic heterocycles. The lowest BCUT2D eigenvalue weighted by Crippen LogP contribution is -2.28. The molecule has 1 rings (SSSR count). The molecule has 0 aliphatic carbocycles. The van der Waals surface area contributed by atoms with Crippen LogP contribution in [0.3, 0.4) is 0 Å². The van der Waals surface area contributed by atoms with Crippen LogP contribution in [0.1, 0.15) is 33.3 Å². The summed E-state index contributed by atoms with van der Waals surface area (Å²) >= 11 is 6.23. The van der Waals surface area contributed by atoms with E-state index in [4.69, 9.17) is 21.2 Å². The third-order valence-electron chi connectivity index (χ3n) is 2.79. The first-order chi connectivity index (χ1) is 11.2. The van der Waals surface area contributed by atoms with Gasteiger partial charge in [0.1, 0.15) is 5.60 Å². The van der Waals surface area contributed by atoms with E-state index < -0.39 is 11.7 Å². The molecule has 24 heavy (non-hydrogen) atoms. The largest absolute Gasteiger partial charge is 0.444 e. The second kappa shape index (κ2) is 8.70. The van der Waals surface area contributed by atoms with Gasteiger partial charge < -0.3 is 4.74 Å². The van der Waals surface area contributed by atoms with Gasteiger partial charge in [0.2, 0.25) is 0 Å². The number of hydrogen-bond donors (Lipinski definition) is 1. The van der Waals surface area contributed by atoms with Crippen LogP contribution in [0.4, 0.5) is 10.5 Å². The van der Waals surface area contributed by atoms with Crippen LogP contribution < -0.4 is 5.32 Å². The molecule has 2 amide bonds. The van der Waals surface area contributed by atoms with E-state index >= 15 is 0 Å². The lowest BCUT2D eigenvalue weighted by atomic mass is 10.2. The number of hydrogen-bond acceptors (Lipinski definition) is 4. The van der Waals surface area contributed by atoms with Gasteiger partial charge in [0.05, 0.1) is 13.7 Å². The fourth-order valence-corrected chi connectivity index (χ4v) is 2.03. The van der Waals surface area contributed by atoms with Crippen LogP contribution in [-0.2, 0) is 20.9 Å². The summed E-state index contributed by atoms with van der Waals surface area (Å²) in [4.78, 5) is 28.6. The van der Waals surface area contributed by atoms with Gasteiger partial charge in [0.15, 0.2) is 0 Å². The monoisotopic (exact) mass is 354 g/mol. The smallest absolute Gasteiger partial charge is 0.412 e. The first-order valence-electron chi connectivity index (χ1n) is 7.43. The van der Waals surface area contributed by atoms with Gasteiger partial charge in [-0.3, -0.25) is 14.9 Å². The SMILES string of the molecule is C/C=C/C(=O)N(Cc1ccc(NC(=O)OC(C)(C)C)cc1Cl)OC. The summed E-state index contributed by atoms with van der Waals surface area (Å²) in [6.07, 6.45) is 2.47. The van der Waals surface area contributed by atoms with E-state index in [1.165, 1.54) is 18.2 Å². The second-order valence-corrected chi connectivity index (χ2v) is 6.40. The van der Waals surface area contributed by atoms with Gasteiger partial charge in [-0.2, -0.15) is 0 Å². The topological polar surface area (TPSA) is 67.9 Å². The number of amides is 2. The number of hydroxylamine groups is 2. The summed E-state index contributed by atoms with van der Waals surface area (Å²) < 4.78 is 5.18. The molecular formula is C17H23ClN2O4. The van der Waals surface area contributed by atoms with Crippen molar-refractivity contribution in [2.75, 3.05) is 12.4 Å². The molecule has 0 aromatic heterocycles. The van der Waals surface area contributed by atoms with Crippen molar-refractivity contribution in [2.24, 2.45) is 0 Å². The van der Waals surface area contributed by atoms with Crippen molar-refractivity contribution in [1.82, 2.24) is 5.06 Å². The number of allylic oxidation sites excluding steroid dienone is 1. The fraction of sp³-hybridized carbons (Fsp3) is 0.412. The Morgan fingerprint density at radius 3 is 2.50 bits per heavy atom. The quantitative estimate of drug-likeness (QED) is 0.637. The van der Waals surface area contributed by atoms with E-state index in [0.717, 1.165) is 0 Å². The lowest BCUT2D eigenvalue weighted by Gasteiger charge is -2.20. The van der Waals surface area contributed by atoms with Crippen molar-refractivity contribution in [3.05, 3.63) is 40.9 Å². The third-order valence-corrected chi connectivity index (χ3v) is 3.14. The molecule has 0 fully saturated rings. The Hall–Kier alpha value is -2.05. The molecule has 132 valence electrons. The summed E-state index contributed by atoms with van der Waals surface area (Å²) in [5, 5.41) is 4.19. The van der Waals surface area contributed by atoms with Crippen LogP contribution in [-0.4, -0.2) is 29.8 Å². The maximum atomic E-state index is 11.8. The van der Waals surface area contributed by atoms with Gasteiger partial charge in [0.25, 0.3) is 5.91 Å². The molecule has 0 saturated heterocycles. The third kappa shape index (κ3) is 6.60. The highest BCUT2D eigenvalue weighted by Gasteiger charge is 2.17. The molecular weight excluding hydrogens is 332 g/mol. The van der Waals surface area contributed by atoms with Crippen molar-refractivity contribution < 1.29 is 19.2 Å². The van der Waals surface area contributed by atoms with Crippen LogP contribution in [0.25, 0.3) is 0 Å². The highest BCUT2D eigenvalue weighted by Crippen LogP contribution is 2.23. The maximum absolute atomic E-state index is 11.8. The van der Waals surface area contributed by atoms with Gasteiger partial charge in [-0.05, 0) is 45.4 Å². The van der Waals surface area contributed by atoms with Crippen LogP contribution in [0.5, 0.6) is 0 Å². The molecule has 1 aromatic carbocycles. The minimum Gasteiger partial charge on any atom is -0.444 e. The minimum atomic E-state index is -0.583. The Bertz CT molecular complexity index is 624. The summed E-state index contributed by atoms with van der Waals surface area (Å²) in [6, 6.07) is 4.98. The number of anilines is 1. The van der Waals surface area contributed by atoms with Gasteiger partial charge in [-0.25, -0.2) is 9.86 Å². The fourth-order valence-electron chi connectivity index (χ4n) is 1.79. The van der Waals surface area contributed by atoms with Crippen LogP contribution >= 0.6 is 11.6 Å². The molecule has 0 heterocycles. The average Bonchev–Trinajstić information content (AvgIpc) is 2.44. The standard InChI is InChI=1S/C17H23ClN2O4/c1-6-7-15(21)20(23-5)11-12-8-9-13(10-14(12)18)19-16(22)24-17(2,3)4/h6-10H,11H2,1-5H3,(H,19,22)/b7-6+. The Morgan fingerprint density at radius 2 is 2.00 bits per heavy atom. The predicted octanol–water partition coefficient (Wildman–Crippen LogP) is 4.15. The molecule has 0 aliphatic rings. The Labute approximate surface area is 147 Å². The van der Waals surface area contributed by atoms with Gasteiger partial charge in [0, 0.05) is 16.8 Å². The zero-order valence-corrected chi connectivity index (χ0v) is 15.3. The molecule has 1 aromatic rings. The number of halogens is 1. The molecule has 0 bridgehead atoms. The molecule has 0 atom stereocenters. The summed E-state index contributed by atoms with van der Waals surface area (Å²) in [5.41, 5.74) is 0.604. The number of ether oxygens (including phenoxy) is 1. The van der Waals surface area contributed by atoms with Gasteiger partial charge in [-0.15, -0.1) is 0 Å². The summed E-state index contributed by atoms with van der Waals surface area (Å²) in [6.45, 7) is 7.28. The Balaban J connectivity index is 2.80. The average molecular weight is 355 g/mol. The van der Waals surface area contributed by atoms with Crippen LogP contribution in [0.15, 0.2) is 30.4 Å². The van der Waals surface area contributed by atoms with E-state index in [2.05, 4.69) is 5.32 Å². The van der Waals surface area contributed by atoms with Gasteiger partial charge >= 0.3 is 6.09 Å². The van der Waals surface area contributed by atoms with Crippen LogP contribution in [0, 0.1) is 0 Å². The molecule has 0 spiro atoms. The Kier molecular flexibility index (Phi) is 7.25. The van der Waals surface area contributed by atoms with Crippen molar-refractivity contribution in [2.45, 2.75) is 39.8 Å². The number of nitrogens with one attached hydrogen (secondary N) is 1. The predicted molar refractivity (Wildman–Crippen MR) is 93.7 cm³/mol. The van der Waals surface area contributed by atoms with Crippen molar-refractivity contribution in [3.63, 3.8) is 0 Å². The van der Waals surface area contributed by atoms with Gasteiger partial charge in [-0.1, -0.05) is 23.7 Å². The van der Waals surface area contributed by atoms with Crippen molar-refractivity contribution >= 4 is 29.3 Å². The number of nitrogens with zero attached hydrogens (tertiary/aromatic N) is 1. The zero-order valence-electron chi connectivity index (χ0n) is 14.6. The normalized spacial score (nSPS) is 11.4. The second-order valence-electron chi connectivity index (χ2n) is 5.99. The highest BCUT2D eigenvalue weighted by molar-refractivity contribution is 6.31. The van der Waals surface area contributed by atoms with E-state index in [1.807, 2.05) is 0 Å². The van der Waals surface area contributed by atoms with Crippen molar-refractivity contribution in [3.8, 4) is 0 Å². The molecule has 0 unspecified atom stereocenters. The molecule has 6 nitrogen and oxygen atoms in total. The number of carbonyl (C=O) groups is 2. The number of carbonyl (C=O) groups excluding carboxylic acids is 2. The van der Waals surface area contributed by atoms with E-state index in [9.17, 15) is 9.59 Å². The highest BCUT2D eigenvalue weighted by atomic mass is 35.5. The molecule has 1 N–H and O–H groups in total. The van der Waals surface area contributed by atoms with E-state index in [0.29, 0.717) is 16.3 Å². The first kappa shape index (κ1) is 20.0. The van der Waals surface area contributed by atoms with E-state index in [1.54, 1.807) is 52.0 Å². The molecule has 7 heteroatoms. The number of benzene rings is 1. The lowest BCUT2D eigenvalue weighted by molar-refractivity contribution is -0.173. The van der Waals surface area contributed by atoms with Crippen LogP contribution in [0.2, 0.25) is 5.02 Å². The van der Waals surface area contributed by atoms with Crippen molar-refractivity contribution in [1.29, 1.82) is 0 Å². The summed E-state index contributed by atoms with van der Waals surface area (Å²) in [7, 11) is 1.41. The maximum Gasteiger partial charge on any atom is 0.412 e. The van der Waals surface area contributed by atoms with E-state index in [-0.39, 0.29) is 12.5 Å². The molecule has 0 saturated carbocycles.